The molecule has 0 aliphatic carbocycles. The van der Waals surface area contributed by atoms with Crippen LogP contribution in [0.1, 0.15) is 41.2 Å². The number of halogens is 1. The van der Waals surface area contributed by atoms with Gasteiger partial charge in [0.15, 0.2) is 11.6 Å². The summed E-state index contributed by atoms with van der Waals surface area (Å²) in [7, 11) is 1.60. The molecule has 0 unspecified atom stereocenters. The van der Waals surface area contributed by atoms with Gasteiger partial charge in [-0.15, -0.1) is 0 Å². The van der Waals surface area contributed by atoms with E-state index < -0.39 is 11.6 Å². The third-order valence-corrected chi connectivity index (χ3v) is 7.77. The van der Waals surface area contributed by atoms with E-state index >= 15 is 0 Å². The molecule has 0 saturated carbocycles. The van der Waals surface area contributed by atoms with E-state index in [9.17, 15) is 4.79 Å². The number of hydrazine groups is 1. The van der Waals surface area contributed by atoms with Crippen LogP contribution in [0.25, 0.3) is 6.08 Å². The van der Waals surface area contributed by atoms with Crippen molar-refractivity contribution in [3.8, 4) is 11.5 Å². The number of rotatable bonds is 14. The molecule has 8 nitrogen and oxygen atoms in total. The van der Waals surface area contributed by atoms with Crippen LogP contribution in [-0.2, 0) is 16.1 Å². The van der Waals surface area contributed by atoms with Crippen LogP contribution in [0.2, 0.25) is 5.02 Å². The first-order chi connectivity index (χ1) is 22.0. The van der Waals surface area contributed by atoms with Gasteiger partial charge in [-0.25, -0.2) is 10.4 Å². The molecular weight excluding hydrogens is 590 g/mol. The fourth-order valence-corrected chi connectivity index (χ4v) is 5.23. The summed E-state index contributed by atoms with van der Waals surface area (Å²) in [6.07, 6.45) is 3.93. The SMILES string of the molecule is COc1cccc([C@@H]2OC(c3ccc(OCCCO)cc3)=N[C@]2(C/C=C/c2ccccc2)C(=O)NNCc2ccccc2Cl)c1. The first kappa shape index (κ1) is 31.8. The standard InChI is InChI=1S/C36H36ClN3O5/c1-43-31-15-7-14-28(24-31)33-36(21-8-12-26-10-3-2-4-11-26,35(42)40-38-25-29-13-5-6-16-32(29)37)39-34(45-33)27-17-19-30(20-18-27)44-23-9-22-41/h2-8,10-20,24,33,38,41H,9,21-23,25H2,1H3,(H,40,42)/b12-8+/t33-,36-/m0/s1. The Kier molecular flexibility index (Phi) is 10.9. The number of methoxy groups -OCH3 is 1. The Morgan fingerprint density at radius 3 is 2.53 bits per heavy atom. The van der Waals surface area contributed by atoms with Crippen molar-refractivity contribution in [1.82, 2.24) is 10.9 Å². The van der Waals surface area contributed by atoms with Gasteiger partial charge >= 0.3 is 0 Å². The second-order valence-electron chi connectivity index (χ2n) is 10.5. The predicted octanol–water partition coefficient (Wildman–Crippen LogP) is 6.29. The molecule has 0 radical (unpaired) electrons. The van der Waals surface area contributed by atoms with E-state index in [0.29, 0.717) is 47.6 Å². The lowest BCUT2D eigenvalue weighted by atomic mass is 9.84. The van der Waals surface area contributed by atoms with E-state index in [1.807, 2.05) is 109 Å². The Morgan fingerprint density at radius 2 is 1.78 bits per heavy atom. The van der Waals surface area contributed by atoms with Gasteiger partial charge in [-0.05, 0) is 59.2 Å². The van der Waals surface area contributed by atoms with Gasteiger partial charge in [0.05, 0.1) is 13.7 Å². The molecule has 0 aromatic heterocycles. The van der Waals surface area contributed by atoms with Crippen molar-refractivity contribution in [2.45, 2.75) is 31.0 Å². The maximum absolute atomic E-state index is 14.3. The minimum atomic E-state index is -1.38. The van der Waals surface area contributed by atoms with Crippen LogP contribution in [0.15, 0.2) is 114 Å². The number of ether oxygens (including phenoxy) is 3. The number of benzene rings is 4. The lowest BCUT2D eigenvalue weighted by Crippen LogP contribution is -2.52. The zero-order valence-corrected chi connectivity index (χ0v) is 25.7. The van der Waals surface area contributed by atoms with Gasteiger partial charge in [-0.2, -0.15) is 0 Å². The topological polar surface area (TPSA) is 101 Å². The first-order valence-corrected chi connectivity index (χ1v) is 15.1. The molecule has 1 aliphatic heterocycles. The maximum atomic E-state index is 14.3. The molecule has 5 rings (SSSR count). The monoisotopic (exact) mass is 625 g/mol. The van der Waals surface area contributed by atoms with Gasteiger partial charge in [0.25, 0.3) is 5.91 Å². The maximum Gasteiger partial charge on any atom is 0.266 e. The third kappa shape index (κ3) is 7.91. The van der Waals surface area contributed by atoms with Crippen molar-refractivity contribution in [2.24, 2.45) is 4.99 Å². The van der Waals surface area contributed by atoms with E-state index in [-0.39, 0.29) is 18.9 Å². The number of hydrogen-bond acceptors (Lipinski definition) is 7. The molecule has 1 aliphatic rings. The lowest BCUT2D eigenvalue weighted by molar-refractivity contribution is -0.129. The van der Waals surface area contributed by atoms with E-state index in [4.69, 9.17) is 35.9 Å². The van der Waals surface area contributed by atoms with Crippen molar-refractivity contribution >= 4 is 29.5 Å². The number of aliphatic imine (C=N–C) groups is 1. The molecule has 9 heteroatoms. The Bertz CT molecular complexity index is 1630. The van der Waals surface area contributed by atoms with Crippen LogP contribution >= 0.6 is 11.6 Å². The molecule has 2 atom stereocenters. The second kappa shape index (κ2) is 15.4. The largest absolute Gasteiger partial charge is 0.497 e. The second-order valence-corrected chi connectivity index (χ2v) is 10.9. The van der Waals surface area contributed by atoms with Crippen molar-refractivity contribution in [3.63, 3.8) is 0 Å². The number of aliphatic hydroxyl groups is 1. The normalized spacial score (nSPS) is 17.5. The zero-order chi connectivity index (χ0) is 31.5. The van der Waals surface area contributed by atoms with Gasteiger partial charge < -0.3 is 19.3 Å². The van der Waals surface area contributed by atoms with Crippen LogP contribution in [0.3, 0.4) is 0 Å². The summed E-state index contributed by atoms with van der Waals surface area (Å²) in [5.74, 6) is 1.27. The van der Waals surface area contributed by atoms with Crippen LogP contribution in [0.4, 0.5) is 0 Å². The molecule has 45 heavy (non-hydrogen) atoms. The van der Waals surface area contributed by atoms with Crippen molar-refractivity contribution in [2.75, 3.05) is 20.3 Å². The van der Waals surface area contributed by atoms with E-state index in [1.165, 1.54) is 0 Å². The molecule has 0 fully saturated rings. The third-order valence-electron chi connectivity index (χ3n) is 7.40. The summed E-state index contributed by atoms with van der Waals surface area (Å²) < 4.78 is 17.8. The Morgan fingerprint density at radius 1 is 1.00 bits per heavy atom. The van der Waals surface area contributed by atoms with Crippen LogP contribution in [0.5, 0.6) is 11.5 Å². The quantitative estimate of drug-likeness (QED) is 0.112. The number of aliphatic hydroxyl groups excluding tert-OH is 1. The van der Waals surface area contributed by atoms with Crippen molar-refractivity contribution < 1.29 is 24.1 Å². The van der Waals surface area contributed by atoms with Gasteiger partial charge in [0.1, 0.15) is 11.5 Å². The highest BCUT2D eigenvalue weighted by atomic mass is 35.5. The lowest BCUT2D eigenvalue weighted by Gasteiger charge is -2.30. The molecule has 4 aromatic rings. The Hall–Kier alpha value is -4.63. The Labute approximate surface area is 268 Å². The van der Waals surface area contributed by atoms with Gasteiger partial charge in [-0.3, -0.25) is 10.2 Å². The van der Waals surface area contributed by atoms with E-state index in [1.54, 1.807) is 13.2 Å². The molecule has 1 amide bonds. The molecule has 0 bridgehead atoms. The highest BCUT2D eigenvalue weighted by Crippen LogP contribution is 2.43. The average Bonchev–Trinajstić information content (AvgIpc) is 3.47. The molecule has 1 heterocycles. The fourth-order valence-electron chi connectivity index (χ4n) is 5.03. The fraction of sp³-hybridized carbons (Fsp3) is 0.222. The molecule has 4 aromatic carbocycles. The minimum Gasteiger partial charge on any atom is -0.497 e. The van der Waals surface area contributed by atoms with Crippen LogP contribution < -0.4 is 20.3 Å². The summed E-state index contributed by atoms with van der Waals surface area (Å²) in [6.45, 7) is 0.786. The van der Waals surface area contributed by atoms with Gasteiger partial charge in [-0.1, -0.05) is 84.4 Å². The highest BCUT2D eigenvalue weighted by molar-refractivity contribution is 6.31. The number of amides is 1. The van der Waals surface area contributed by atoms with E-state index in [2.05, 4.69) is 10.9 Å². The van der Waals surface area contributed by atoms with Gasteiger partial charge in [0.2, 0.25) is 5.90 Å². The van der Waals surface area contributed by atoms with Gasteiger partial charge in [0, 0.05) is 36.6 Å². The number of carbonyl (C=O) groups is 1. The number of nitrogens with zero attached hydrogens (tertiary/aromatic N) is 1. The highest BCUT2D eigenvalue weighted by Gasteiger charge is 2.52. The smallest absolute Gasteiger partial charge is 0.266 e. The summed E-state index contributed by atoms with van der Waals surface area (Å²) in [5.41, 5.74) is 7.84. The molecule has 232 valence electrons. The molecule has 0 saturated heterocycles. The van der Waals surface area contributed by atoms with Crippen LogP contribution in [0, 0.1) is 0 Å². The number of nitrogens with one attached hydrogen (secondary N) is 2. The molecular formula is C36H36ClN3O5. The minimum absolute atomic E-state index is 0.0600. The van der Waals surface area contributed by atoms with Crippen molar-refractivity contribution in [1.29, 1.82) is 0 Å². The van der Waals surface area contributed by atoms with Crippen molar-refractivity contribution in [3.05, 3.63) is 136 Å². The number of carbonyl (C=O) groups excluding carboxylic acids is 1. The summed E-state index contributed by atoms with van der Waals surface area (Å²) in [4.78, 5) is 19.3. The number of hydrogen-bond donors (Lipinski definition) is 3. The molecule has 3 N–H and O–H groups in total. The summed E-state index contributed by atoms with van der Waals surface area (Å²) >= 11 is 6.35. The zero-order valence-electron chi connectivity index (χ0n) is 25.0. The van der Waals surface area contributed by atoms with Crippen LogP contribution in [-0.4, -0.2) is 42.8 Å². The average molecular weight is 626 g/mol. The summed E-state index contributed by atoms with van der Waals surface area (Å²) in [5, 5.41) is 9.66. The Balaban J connectivity index is 1.51. The van der Waals surface area contributed by atoms with E-state index in [0.717, 1.165) is 16.7 Å². The summed E-state index contributed by atoms with van der Waals surface area (Å²) in [6, 6.07) is 32.1. The predicted molar refractivity (Wildman–Crippen MR) is 176 cm³/mol. The first-order valence-electron chi connectivity index (χ1n) is 14.8. The molecule has 0 spiro atoms.